The molecule has 0 saturated carbocycles. The zero-order valence-electron chi connectivity index (χ0n) is 11.2. The van der Waals surface area contributed by atoms with Crippen LogP contribution in [0.15, 0.2) is 16.7 Å². The number of morpholine rings is 1. The maximum absolute atomic E-state index is 8.79. The quantitative estimate of drug-likeness (QED) is 0.907. The van der Waals surface area contributed by atoms with Crippen LogP contribution in [0.1, 0.15) is 24.5 Å². The lowest BCUT2D eigenvalue weighted by atomic mass is 10.2. The van der Waals surface area contributed by atoms with E-state index in [4.69, 9.17) is 14.5 Å². The first kappa shape index (κ1) is 12.8. The second-order valence-corrected chi connectivity index (χ2v) is 4.61. The summed E-state index contributed by atoms with van der Waals surface area (Å²) in [5, 5.41) is 12.8. The van der Waals surface area contributed by atoms with Crippen LogP contribution in [-0.4, -0.2) is 46.3 Å². The van der Waals surface area contributed by atoms with Gasteiger partial charge in [0.1, 0.15) is 23.6 Å². The van der Waals surface area contributed by atoms with E-state index in [0.717, 1.165) is 19.6 Å². The fourth-order valence-electron chi connectivity index (χ4n) is 2.21. The lowest BCUT2D eigenvalue weighted by Crippen LogP contribution is -2.38. The van der Waals surface area contributed by atoms with E-state index in [1.807, 2.05) is 6.07 Å². The Morgan fingerprint density at radius 1 is 1.55 bits per heavy atom. The van der Waals surface area contributed by atoms with E-state index < -0.39 is 0 Å². The first-order valence-corrected chi connectivity index (χ1v) is 6.57. The summed E-state index contributed by atoms with van der Waals surface area (Å²) in [6.45, 7) is 5.46. The maximum atomic E-state index is 8.79. The minimum Gasteiger partial charge on any atom is -0.367 e. The first-order valence-electron chi connectivity index (χ1n) is 6.57. The number of aromatic nitrogens is 3. The predicted molar refractivity (Wildman–Crippen MR) is 69.6 cm³/mol. The van der Waals surface area contributed by atoms with Gasteiger partial charge in [0.25, 0.3) is 5.89 Å². The summed E-state index contributed by atoms with van der Waals surface area (Å²) in [4.78, 5) is 9.54. The van der Waals surface area contributed by atoms with E-state index in [1.54, 1.807) is 12.1 Å². The van der Waals surface area contributed by atoms with Gasteiger partial charge in [-0.25, -0.2) is 0 Å². The van der Waals surface area contributed by atoms with Gasteiger partial charge in [-0.2, -0.15) is 10.2 Å². The number of nitrogens with one attached hydrogen (secondary N) is 1. The number of nitriles is 1. The molecule has 1 fully saturated rings. The Kier molecular flexibility index (Phi) is 3.50. The van der Waals surface area contributed by atoms with E-state index in [0.29, 0.717) is 29.7 Å². The normalized spacial score (nSPS) is 19.9. The number of rotatable bonds is 3. The second-order valence-electron chi connectivity index (χ2n) is 4.61. The highest BCUT2D eigenvalue weighted by molar-refractivity contribution is 5.49. The molecule has 0 bridgehead atoms. The summed E-state index contributed by atoms with van der Waals surface area (Å²) >= 11 is 0. The lowest BCUT2D eigenvalue weighted by Gasteiger charge is -2.30. The van der Waals surface area contributed by atoms with Crippen LogP contribution >= 0.6 is 0 Å². The summed E-state index contributed by atoms with van der Waals surface area (Å²) < 4.78 is 10.9. The Balaban J connectivity index is 1.78. The lowest BCUT2D eigenvalue weighted by molar-refractivity contribution is -0.0334. The van der Waals surface area contributed by atoms with Gasteiger partial charge >= 0.3 is 0 Å². The zero-order chi connectivity index (χ0) is 13.9. The molecule has 2 aromatic heterocycles. The van der Waals surface area contributed by atoms with Crippen LogP contribution in [0, 0.1) is 11.3 Å². The number of hydrogen-bond donors (Lipinski definition) is 1. The zero-order valence-corrected chi connectivity index (χ0v) is 11.2. The Hall–Kier alpha value is -2.17. The predicted octanol–water partition coefficient (Wildman–Crippen LogP) is 1.33. The van der Waals surface area contributed by atoms with Crippen LogP contribution in [0.5, 0.6) is 0 Å². The van der Waals surface area contributed by atoms with Crippen molar-refractivity contribution in [2.45, 2.75) is 13.0 Å². The van der Waals surface area contributed by atoms with Crippen LogP contribution < -0.4 is 0 Å². The first-order chi connectivity index (χ1) is 9.80. The third-order valence-corrected chi connectivity index (χ3v) is 3.36. The van der Waals surface area contributed by atoms with Crippen LogP contribution in [0.3, 0.4) is 0 Å². The molecule has 3 rings (SSSR count). The molecule has 1 aliphatic heterocycles. The summed E-state index contributed by atoms with van der Waals surface area (Å²) in [7, 11) is 0. The molecule has 7 nitrogen and oxygen atoms in total. The summed E-state index contributed by atoms with van der Waals surface area (Å²) in [6, 6.07) is 5.45. The van der Waals surface area contributed by atoms with E-state index in [-0.39, 0.29) is 6.10 Å². The molecule has 1 saturated heterocycles. The highest BCUT2D eigenvalue weighted by atomic mass is 16.5. The Morgan fingerprint density at radius 2 is 2.45 bits per heavy atom. The van der Waals surface area contributed by atoms with Gasteiger partial charge in [-0.05, 0) is 18.7 Å². The largest absolute Gasteiger partial charge is 0.367 e. The minimum atomic E-state index is -0.161. The van der Waals surface area contributed by atoms with Crippen LogP contribution in [-0.2, 0) is 4.74 Å². The maximum Gasteiger partial charge on any atom is 0.274 e. The van der Waals surface area contributed by atoms with Crippen molar-refractivity contribution in [3.05, 3.63) is 23.7 Å². The van der Waals surface area contributed by atoms with Crippen molar-refractivity contribution in [1.82, 2.24) is 20.0 Å². The fourth-order valence-corrected chi connectivity index (χ4v) is 2.21. The van der Waals surface area contributed by atoms with Gasteiger partial charge in [-0.15, -0.1) is 0 Å². The van der Waals surface area contributed by atoms with E-state index >= 15 is 0 Å². The molecule has 0 radical (unpaired) electrons. The highest BCUT2D eigenvalue weighted by Crippen LogP contribution is 2.23. The number of aromatic amines is 1. The van der Waals surface area contributed by atoms with E-state index in [2.05, 4.69) is 26.9 Å². The highest BCUT2D eigenvalue weighted by Gasteiger charge is 2.25. The molecule has 0 aliphatic carbocycles. The molecule has 0 amide bonds. The number of nitrogens with zero attached hydrogens (tertiary/aromatic N) is 4. The fraction of sp³-hybridized carbons (Fsp3) is 0.462. The summed E-state index contributed by atoms with van der Waals surface area (Å²) in [5.74, 6) is 0.921. The SMILES string of the molecule is CCN1CCOC(c2noc(-c3ccc(C#N)[nH]3)n2)C1. The van der Waals surface area contributed by atoms with Crippen molar-refractivity contribution in [1.29, 1.82) is 5.26 Å². The molecular formula is C13H15N5O2. The monoisotopic (exact) mass is 273 g/mol. The Morgan fingerprint density at radius 3 is 3.20 bits per heavy atom. The average Bonchev–Trinajstić information content (AvgIpc) is 3.15. The molecular weight excluding hydrogens is 258 g/mol. The van der Waals surface area contributed by atoms with Gasteiger partial charge < -0.3 is 14.2 Å². The number of hydrogen-bond acceptors (Lipinski definition) is 6. The Labute approximate surface area is 116 Å². The molecule has 0 spiro atoms. The van der Waals surface area contributed by atoms with Gasteiger partial charge in [-0.3, -0.25) is 4.90 Å². The van der Waals surface area contributed by atoms with Crippen molar-refractivity contribution >= 4 is 0 Å². The topological polar surface area (TPSA) is 91.0 Å². The number of H-pyrrole nitrogens is 1. The van der Waals surface area contributed by atoms with Crippen molar-refractivity contribution in [3.63, 3.8) is 0 Å². The van der Waals surface area contributed by atoms with Crippen LogP contribution in [0.25, 0.3) is 11.6 Å². The van der Waals surface area contributed by atoms with Gasteiger partial charge in [-0.1, -0.05) is 12.1 Å². The van der Waals surface area contributed by atoms with Crippen molar-refractivity contribution in [3.8, 4) is 17.7 Å². The molecule has 3 heterocycles. The van der Waals surface area contributed by atoms with Gasteiger partial charge in [0.2, 0.25) is 5.82 Å². The molecule has 0 aromatic carbocycles. The molecule has 20 heavy (non-hydrogen) atoms. The molecule has 1 N–H and O–H groups in total. The Bertz CT molecular complexity index is 627. The van der Waals surface area contributed by atoms with Gasteiger partial charge in [0, 0.05) is 13.1 Å². The second kappa shape index (κ2) is 5.45. The van der Waals surface area contributed by atoms with Gasteiger partial charge in [0.15, 0.2) is 0 Å². The van der Waals surface area contributed by atoms with Crippen LogP contribution in [0.4, 0.5) is 0 Å². The minimum absolute atomic E-state index is 0.161. The van der Waals surface area contributed by atoms with Crippen molar-refractivity contribution in [2.24, 2.45) is 0 Å². The summed E-state index contributed by atoms with van der Waals surface area (Å²) in [5.41, 5.74) is 1.11. The number of likely N-dealkylation sites (N-methyl/N-ethyl adjacent to an activating group) is 1. The van der Waals surface area contributed by atoms with Crippen LogP contribution in [0.2, 0.25) is 0 Å². The summed E-state index contributed by atoms with van der Waals surface area (Å²) in [6.07, 6.45) is -0.161. The smallest absolute Gasteiger partial charge is 0.274 e. The standard InChI is InChI=1S/C13H15N5O2/c1-2-18-5-6-19-11(8-18)12-16-13(20-17-12)10-4-3-9(7-14)15-10/h3-4,11,15H,2,5-6,8H2,1H3. The average molecular weight is 273 g/mol. The molecule has 1 unspecified atom stereocenters. The van der Waals surface area contributed by atoms with E-state index in [1.165, 1.54) is 0 Å². The molecule has 7 heteroatoms. The molecule has 104 valence electrons. The third kappa shape index (κ3) is 2.43. The molecule has 1 atom stereocenters. The van der Waals surface area contributed by atoms with Gasteiger partial charge in [0.05, 0.1) is 6.61 Å². The van der Waals surface area contributed by atoms with E-state index in [9.17, 15) is 0 Å². The molecule has 1 aliphatic rings. The number of ether oxygens (including phenoxy) is 1. The van der Waals surface area contributed by atoms with Crippen molar-refractivity contribution < 1.29 is 9.26 Å². The third-order valence-electron chi connectivity index (χ3n) is 3.36. The molecule has 2 aromatic rings. The van der Waals surface area contributed by atoms with Crippen molar-refractivity contribution in [2.75, 3.05) is 26.2 Å².